The van der Waals surface area contributed by atoms with Gasteiger partial charge in [0, 0.05) is 12.7 Å². The highest BCUT2D eigenvalue weighted by atomic mass is 19.1. The molecule has 4 nitrogen and oxygen atoms in total. The van der Waals surface area contributed by atoms with E-state index in [2.05, 4.69) is 9.72 Å². The Kier molecular flexibility index (Phi) is 4.37. The zero-order valence-electron chi connectivity index (χ0n) is 10.6. The van der Waals surface area contributed by atoms with E-state index in [0.29, 0.717) is 12.0 Å². The predicted molar refractivity (Wildman–Crippen MR) is 67.5 cm³/mol. The van der Waals surface area contributed by atoms with E-state index in [4.69, 9.17) is 4.74 Å². The minimum Gasteiger partial charge on any atom is -0.461 e. The van der Waals surface area contributed by atoms with Gasteiger partial charge < -0.3 is 9.47 Å². The molecule has 0 aliphatic rings. The number of rotatable bonds is 5. The lowest BCUT2D eigenvalue weighted by Crippen LogP contribution is -2.03. The summed E-state index contributed by atoms with van der Waals surface area (Å²) in [6.45, 7) is -0.258. The van der Waals surface area contributed by atoms with E-state index in [-0.39, 0.29) is 18.1 Å². The van der Waals surface area contributed by atoms with Gasteiger partial charge in [-0.1, -0.05) is 6.07 Å². The van der Waals surface area contributed by atoms with Crippen molar-refractivity contribution in [3.05, 3.63) is 47.7 Å². The zero-order valence-corrected chi connectivity index (χ0v) is 10.6. The molecule has 1 aromatic heterocycles. The molecule has 0 saturated heterocycles. The lowest BCUT2D eigenvalue weighted by molar-refractivity contribution is 0.0453. The van der Waals surface area contributed by atoms with Gasteiger partial charge in [-0.05, 0) is 24.3 Å². The number of benzene rings is 1. The molecule has 0 aliphatic carbocycles. The van der Waals surface area contributed by atoms with Crippen LogP contribution in [0.5, 0.6) is 5.75 Å². The summed E-state index contributed by atoms with van der Waals surface area (Å²) in [5, 5.41) is 0. The average molecular weight is 279 g/mol. The van der Waals surface area contributed by atoms with Crippen LogP contribution in [0.3, 0.4) is 0 Å². The molecule has 0 amide bonds. The highest BCUT2D eigenvalue weighted by Crippen LogP contribution is 2.28. The van der Waals surface area contributed by atoms with Crippen LogP contribution in [0.2, 0.25) is 0 Å². The van der Waals surface area contributed by atoms with Crippen molar-refractivity contribution in [2.75, 3.05) is 13.9 Å². The fraction of sp³-hybridized carbons (Fsp3) is 0.143. The van der Waals surface area contributed by atoms with Crippen molar-refractivity contribution in [1.82, 2.24) is 4.98 Å². The number of pyridine rings is 1. The van der Waals surface area contributed by atoms with Gasteiger partial charge in [0.15, 0.2) is 30.5 Å². The first-order chi connectivity index (χ1) is 9.65. The van der Waals surface area contributed by atoms with Crippen molar-refractivity contribution in [3.63, 3.8) is 0 Å². The van der Waals surface area contributed by atoms with Crippen LogP contribution in [-0.2, 0) is 4.74 Å². The molecule has 20 heavy (non-hydrogen) atoms. The first kappa shape index (κ1) is 14.1. The first-order valence-corrected chi connectivity index (χ1v) is 5.69. The summed E-state index contributed by atoms with van der Waals surface area (Å²) in [6.07, 6.45) is 0.562. The number of carbonyl (C=O) groups excluding carboxylic acids is 1. The van der Waals surface area contributed by atoms with Gasteiger partial charge in [-0.25, -0.2) is 13.8 Å². The van der Waals surface area contributed by atoms with Gasteiger partial charge in [0.2, 0.25) is 0 Å². The van der Waals surface area contributed by atoms with Gasteiger partial charge >= 0.3 is 0 Å². The molecule has 1 heterocycles. The molecule has 0 atom stereocenters. The monoisotopic (exact) mass is 279 g/mol. The summed E-state index contributed by atoms with van der Waals surface area (Å²) in [6, 6.07) is 6.81. The van der Waals surface area contributed by atoms with Gasteiger partial charge in [0.1, 0.15) is 5.69 Å². The topological polar surface area (TPSA) is 48.4 Å². The van der Waals surface area contributed by atoms with Gasteiger partial charge in [0.05, 0.1) is 5.69 Å². The number of nitrogens with zero attached hydrogens (tertiary/aromatic N) is 1. The van der Waals surface area contributed by atoms with Crippen LogP contribution >= 0.6 is 0 Å². The van der Waals surface area contributed by atoms with Crippen LogP contribution in [-0.4, -0.2) is 25.2 Å². The first-order valence-electron chi connectivity index (χ1n) is 5.69. The van der Waals surface area contributed by atoms with E-state index in [0.717, 1.165) is 12.1 Å². The molecule has 0 saturated carbocycles. The number of aldehydes is 1. The van der Waals surface area contributed by atoms with Crippen LogP contribution in [0.15, 0.2) is 30.3 Å². The Morgan fingerprint density at radius 3 is 2.55 bits per heavy atom. The third-order valence-electron chi connectivity index (χ3n) is 2.51. The Balaban J connectivity index is 2.40. The summed E-state index contributed by atoms with van der Waals surface area (Å²) in [5.74, 6) is -2.24. The molecule has 0 N–H and O–H groups in total. The molecule has 1 aromatic carbocycles. The van der Waals surface area contributed by atoms with Gasteiger partial charge in [-0.3, -0.25) is 4.79 Å². The minimum absolute atomic E-state index is 0.183. The number of ether oxygens (including phenoxy) is 2. The van der Waals surface area contributed by atoms with Crippen LogP contribution in [0.4, 0.5) is 8.78 Å². The smallest absolute Gasteiger partial charge is 0.193 e. The maximum Gasteiger partial charge on any atom is 0.193 e. The molecule has 0 aliphatic heterocycles. The van der Waals surface area contributed by atoms with Crippen molar-refractivity contribution in [1.29, 1.82) is 0 Å². The maximum absolute atomic E-state index is 13.8. The van der Waals surface area contributed by atoms with Crippen LogP contribution < -0.4 is 4.74 Å². The summed E-state index contributed by atoms with van der Waals surface area (Å²) in [7, 11) is 1.35. The summed E-state index contributed by atoms with van der Waals surface area (Å²) >= 11 is 0. The van der Waals surface area contributed by atoms with Crippen molar-refractivity contribution in [3.8, 4) is 17.0 Å². The van der Waals surface area contributed by atoms with Crippen molar-refractivity contribution in [2.24, 2.45) is 0 Å². The Hall–Kier alpha value is -2.34. The third-order valence-corrected chi connectivity index (χ3v) is 2.51. The highest BCUT2D eigenvalue weighted by molar-refractivity contribution is 5.73. The van der Waals surface area contributed by atoms with E-state index in [1.807, 2.05) is 0 Å². The predicted octanol–water partition coefficient (Wildman–Crippen LogP) is 2.82. The molecule has 0 spiro atoms. The Morgan fingerprint density at radius 1 is 1.25 bits per heavy atom. The van der Waals surface area contributed by atoms with Crippen LogP contribution in [0.25, 0.3) is 11.3 Å². The molecule has 0 unspecified atom stereocenters. The fourth-order valence-electron chi connectivity index (χ4n) is 1.64. The number of halogens is 2. The average Bonchev–Trinajstić information content (AvgIpc) is 2.46. The number of aromatic nitrogens is 1. The summed E-state index contributed by atoms with van der Waals surface area (Å²) < 4.78 is 37.0. The molecule has 2 rings (SSSR count). The minimum atomic E-state index is -0.865. The number of carbonyl (C=O) groups is 1. The normalized spacial score (nSPS) is 10.3. The molecule has 2 aromatic rings. The van der Waals surface area contributed by atoms with Crippen molar-refractivity contribution in [2.45, 2.75) is 0 Å². The van der Waals surface area contributed by atoms with Gasteiger partial charge in [-0.2, -0.15) is 0 Å². The second-order valence-corrected chi connectivity index (χ2v) is 3.89. The van der Waals surface area contributed by atoms with E-state index >= 15 is 0 Å². The van der Waals surface area contributed by atoms with Crippen molar-refractivity contribution >= 4 is 6.29 Å². The molecular formula is C14H11F2NO3. The van der Waals surface area contributed by atoms with Crippen molar-refractivity contribution < 1.29 is 23.0 Å². The second-order valence-electron chi connectivity index (χ2n) is 3.89. The lowest BCUT2D eigenvalue weighted by atomic mass is 10.1. The fourth-order valence-corrected chi connectivity index (χ4v) is 1.64. The molecule has 104 valence electrons. The quantitative estimate of drug-likeness (QED) is 0.623. The van der Waals surface area contributed by atoms with Gasteiger partial charge in [0.25, 0.3) is 0 Å². The zero-order chi connectivity index (χ0) is 14.5. The standard InChI is InChI=1S/C14H11F2NO3/c1-19-8-20-14-11(15)5-9(6-12(14)16)13-4-2-3-10(7-18)17-13/h2-7H,8H2,1H3. The number of hydrogen-bond acceptors (Lipinski definition) is 4. The Bertz CT molecular complexity index is 609. The summed E-state index contributed by atoms with van der Waals surface area (Å²) in [4.78, 5) is 14.6. The SMILES string of the molecule is COCOc1c(F)cc(-c2cccc(C=O)n2)cc1F. The van der Waals surface area contributed by atoms with Crippen LogP contribution in [0.1, 0.15) is 10.5 Å². The van der Waals surface area contributed by atoms with Crippen LogP contribution in [0, 0.1) is 11.6 Å². The number of methoxy groups -OCH3 is 1. The highest BCUT2D eigenvalue weighted by Gasteiger charge is 2.14. The maximum atomic E-state index is 13.8. The molecular weight excluding hydrogens is 268 g/mol. The lowest BCUT2D eigenvalue weighted by Gasteiger charge is -2.09. The molecule has 0 bridgehead atoms. The van der Waals surface area contributed by atoms with E-state index in [1.54, 1.807) is 12.1 Å². The summed E-state index contributed by atoms with van der Waals surface area (Å²) in [5.41, 5.74) is 0.696. The Morgan fingerprint density at radius 2 is 1.95 bits per heavy atom. The Labute approximate surface area is 114 Å². The molecule has 6 heteroatoms. The van der Waals surface area contributed by atoms with E-state index in [9.17, 15) is 13.6 Å². The second kappa shape index (κ2) is 6.21. The largest absolute Gasteiger partial charge is 0.461 e. The molecule has 0 radical (unpaired) electrons. The third kappa shape index (κ3) is 2.97. The number of hydrogen-bond donors (Lipinski definition) is 0. The van der Waals surface area contributed by atoms with Gasteiger partial charge in [-0.15, -0.1) is 0 Å². The van der Waals surface area contributed by atoms with E-state index < -0.39 is 17.4 Å². The van der Waals surface area contributed by atoms with E-state index in [1.165, 1.54) is 13.2 Å². The molecule has 0 fully saturated rings.